The van der Waals surface area contributed by atoms with Crippen molar-refractivity contribution in [3.63, 3.8) is 0 Å². The Kier molecular flexibility index (Phi) is 5.25. The summed E-state index contributed by atoms with van der Waals surface area (Å²) in [6, 6.07) is 14.0. The smallest absolute Gasteiger partial charge is 0.142 e. The molecule has 4 nitrogen and oxygen atoms in total. The van der Waals surface area contributed by atoms with Crippen LogP contribution in [0.2, 0.25) is 5.02 Å². The first-order valence-electron chi connectivity index (χ1n) is 7.55. The highest BCUT2D eigenvalue weighted by Crippen LogP contribution is 2.20. The van der Waals surface area contributed by atoms with Gasteiger partial charge in [-0.05, 0) is 41.5 Å². The van der Waals surface area contributed by atoms with E-state index in [4.69, 9.17) is 11.6 Å². The van der Waals surface area contributed by atoms with Crippen LogP contribution in [0.4, 0.5) is 4.39 Å². The molecule has 2 N–H and O–H groups in total. The molecule has 0 spiro atoms. The second kappa shape index (κ2) is 7.57. The summed E-state index contributed by atoms with van der Waals surface area (Å²) in [5, 5.41) is 17.0. The van der Waals surface area contributed by atoms with Crippen LogP contribution in [0.1, 0.15) is 17.2 Å². The third-order valence-electron chi connectivity index (χ3n) is 3.79. The number of nitrogens with one attached hydrogen (secondary N) is 1. The van der Waals surface area contributed by atoms with Gasteiger partial charge in [-0.2, -0.15) is 5.10 Å². The van der Waals surface area contributed by atoms with Crippen molar-refractivity contribution in [2.24, 2.45) is 0 Å². The topological polar surface area (TPSA) is 50.1 Å². The van der Waals surface area contributed by atoms with Gasteiger partial charge in [-0.1, -0.05) is 29.8 Å². The average Bonchev–Trinajstić information content (AvgIpc) is 3.13. The first kappa shape index (κ1) is 16.6. The summed E-state index contributed by atoms with van der Waals surface area (Å²) in [6.45, 7) is 0.418. The molecule has 0 aliphatic rings. The molecule has 124 valence electrons. The maximum absolute atomic E-state index is 13.6. The van der Waals surface area contributed by atoms with Crippen molar-refractivity contribution in [3.05, 3.63) is 82.9 Å². The van der Waals surface area contributed by atoms with Crippen LogP contribution in [0.5, 0.6) is 0 Å². The molecular weight excluding hydrogens is 329 g/mol. The zero-order valence-corrected chi connectivity index (χ0v) is 13.6. The van der Waals surface area contributed by atoms with Gasteiger partial charge in [0.05, 0.1) is 23.4 Å². The number of benzene rings is 2. The lowest BCUT2D eigenvalue weighted by Gasteiger charge is -2.17. The molecule has 3 rings (SSSR count). The van der Waals surface area contributed by atoms with Gasteiger partial charge in [0.15, 0.2) is 0 Å². The Bertz CT molecular complexity index is 791. The zero-order chi connectivity index (χ0) is 16.9. The van der Waals surface area contributed by atoms with E-state index >= 15 is 0 Å². The number of halogens is 2. The van der Waals surface area contributed by atoms with E-state index in [1.54, 1.807) is 16.9 Å². The van der Waals surface area contributed by atoms with E-state index in [0.29, 0.717) is 12.1 Å². The van der Waals surface area contributed by atoms with Gasteiger partial charge in [-0.15, -0.1) is 0 Å². The van der Waals surface area contributed by atoms with Gasteiger partial charge >= 0.3 is 0 Å². The lowest BCUT2D eigenvalue weighted by molar-refractivity contribution is 0.243. The number of hydrogen-bond acceptors (Lipinski definition) is 3. The minimum absolute atomic E-state index is 0.0738. The molecule has 0 bridgehead atoms. The lowest BCUT2D eigenvalue weighted by atomic mass is 10.1. The summed E-state index contributed by atoms with van der Waals surface area (Å²) in [6.07, 6.45) is 3.61. The van der Waals surface area contributed by atoms with Crippen molar-refractivity contribution >= 4 is 11.6 Å². The van der Waals surface area contributed by atoms with Crippen molar-refractivity contribution in [2.75, 3.05) is 6.61 Å². The number of aromatic nitrogens is 2. The van der Waals surface area contributed by atoms with E-state index in [1.165, 1.54) is 12.1 Å². The molecule has 0 saturated carbocycles. The molecule has 0 amide bonds. The minimum atomic E-state index is -0.488. The standard InChI is InChI=1S/C18H17ClFN3O/c19-16-7-4-14(10-17(16)20)18(12-24)21-11-13-2-5-15(6-3-13)23-9-1-8-22-23/h1-10,18,21,24H,11-12H2. The third-order valence-corrected chi connectivity index (χ3v) is 4.09. The summed E-state index contributed by atoms with van der Waals surface area (Å²) in [4.78, 5) is 0. The lowest BCUT2D eigenvalue weighted by Crippen LogP contribution is -2.24. The highest BCUT2D eigenvalue weighted by molar-refractivity contribution is 6.30. The molecule has 2 aromatic carbocycles. The van der Waals surface area contributed by atoms with Crippen LogP contribution in [0, 0.1) is 5.82 Å². The van der Waals surface area contributed by atoms with Crippen molar-refractivity contribution in [2.45, 2.75) is 12.6 Å². The summed E-state index contributed by atoms with van der Waals surface area (Å²) < 4.78 is 15.4. The van der Waals surface area contributed by atoms with Crippen LogP contribution < -0.4 is 5.32 Å². The number of aliphatic hydroxyl groups is 1. The Morgan fingerprint density at radius 2 is 2.00 bits per heavy atom. The highest BCUT2D eigenvalue weighted by atomic mass is 35.5. The molecular formula is C18H17ClFN3O. The molecule has 24 heavy (non-hydrogen) atoms. The first-order valence-corrected chi connectivity index (χ1v) is 7.93. The molecule has 0 aliphatic heterocycles. The van der Waals surface area contributed by atoms with Gasteiger partial charge < -0.3 is 10.4 Å². The van der Waals surface area contributed by atoms with Crippen LogP contribution in [-0.2, 0) is 6.54 Å². The summed E-state index contributed by atoms with van der Waals surface area (Å²) in [5.74, 6) is -0.488. The van der Waals surface area contributed by atoms with Crippen molar-refractivity contribution in [1.29, 1.82) is 0 Å². The fourth-order valence-corrected chi connectivity index (χ4v) is 2.56. The van der Waals surface area contributed by atoms with Gasteiger partial charge in [-0.25, -0.2) is 9.07 Å². The monoisotopic (exact) mass is 345 g/mol. The van der Waals surface area contributed by atoms with Crippen molar-refractivity contribution in [3.8, 4) is 5.69 Å². The van der Waals surface area contributed by atoms with Gasteiger partial charge in [0.25, 0.3) is 0 Å². The maximum Gasteiger partial charge on any atom is 0.142 e. The van der Waals surface area contributed by atoms with Gasteiger partial charge in [0.2, 0.25) is 0 Å². The second-order valence-corrected chi connectivity index (χ2v) is 5.81. The van der Waals surface area contributed by atoms with E-state index in [1.807, 2.05) is 36.5 Å². The SMILES string of the molecule is OCC(NCc1ccc(-n2cccn2)cc1)c1ccc(Cl)c(F)c1. The molecule has 0 fully saturated rings. The molecule has 0 aliphatic carbocycles. The maximum atomic E-state index is 13.6. The molecule has 1 unspecified atom stereocenters. The van der Waals surface area contributed by atoms with E-state index in [2.05, 4.69) is 10.4 Å². The molecule has 1 atom stereocenters. The fourth-order valence-electron chi connectivity index (χ4n) is 2.45. The number of hydrogen-bond donors (Lipinski definition) is 2. The van der Waals surface area contributed by atoms with Gasteiger partial charge in [-0.3, -0.25) is 0 Å². The Morgan fingerprint density at radius 1 is 1.21 bits per heavy atom. The highest BCUT2D eigenvalue weighted by Gasteiger charge is 2.12. The average molecular weight is 346 g/mol. The molecule has 3 aromatic rings. The van der Waals surface area contributed by atoms with Crippen molar-refractivity contribution in [1.82, 2.24) is 15.1 Å². The Morgan fingerprint density at radius 3 is 2.62 bits per heavy atom. The van der Waals surface area contributed by atoms with E-state index in [0.717, 1.165) is 11.3 Å². The predicted molar refractivity (Wildman–Crippen MR) is 91.6 cm³/mol. The predicted octanol–water partition coefficient (Wildman–Crippen LogP) is 3.49. The number of rotatable bonds is 6. The van der Waals surface area contributed by atoms with Crippen LogP contribution in [-0.4, -0.2) is 21.5 Å². The van der Waals surface area contributed by atoms with Gasteiger partial charge in [0, 0.05) is 18.9 Å². The summed E-state index contributed by atoms with van der Waals surface area (Å²) in [5.41, 5.74) is 2.69. The Labute approximate surface area is 144 Å². The molecule has 1 heterocycles. The summed E-state index contributed by atoms with van der Waals surface area (Å²) in [7, 11) is 0. The van der Waals surface area contributed by atoms with Crippen molar-refractivity contribution < 1.29 is 9.50 Å². The first-order chi connectivity index (χ1) is 11.7. The van der Waals surface area contributed by atoms with Gasteiger partial charge in [0.1, 0.15) is 5.82 Å². The quantitative estimate of drug-likeness (QED) is 0.719. The van der Waals surface area contributed by atoms with Crippen LogP contribution >= 0.6 is 11.6 Å². The molecule has 0 saturated heterocycles. The number of nitrogens with zero attached hydrogens (tertiary/aromatic N) is 2. The minimum Gasteiger partial charge on any atom is -0.394 e. The zero-order valence-electron chi connectivity index (χ0n) is 12.9. The largest absolute Gasteiger partial charge is 0.394 e. The van der Waals surface area contributed by atoms with E-state index in [9.17, 15) is 9.50 Å². The Balaban J connectivity index is 1.66. The molecule has 0 radical (unpaired) electrons. The van der Waals surface area contributed by atoms with Crippen LogP contribution in [0.3, 0.4) is 0 Å². The normalized spacial score (nSPS) is 12.3. The van der Waals surface area contributed by atoms with E-state index < -0.39 is 5.82 Å². The third kappa shape index (κ3) is 3.82. The van der Waals surface area contributed by atoms with E-state index in [-0.39, 0.29) is 17.7 Å². The number of aliphatic hydroxyl groups excluding tert-OH is 1. The van der Waals surface area contributed by atoms with Crippen LogP contribution in [0.25, 0.3) is 5.69 Å². The summed E-state index contributed by atoms with van der Waals surface area (Å²) >= 11 is 5.69. The molecule has 6 heteroatoms. The Hall–Kier alpha value is -2.21. The fraction of sp³-hybridized carbons (Fsp3) is 0.167. The van der Waals surface area contributed by atoms with Crippen LogP contribution in [0.15, 0.2) is 60.9 Å². The second-order valence-electron chi connectivity index (χ2n) is 5.41. The molecule has 1 aromatic heterocycles.